The van der Waals surface area contributed by atoms with Crippen molar-refractivity contribution in [3.63, 3.8) is 0 Å². The Morgan fingerprint density at radius 1 is 1.50 bits per heavy atom. The van der Waals surface area contributed by atoms with Gasteiger partial charge >= 0.3 is 62.9 Å². The topological polar surface area (TPSA) is 0 Å². The second-order valence-corrected chi connectivity index (χ2v) is 21.9. The first kappa shape index (κ1) is 10.9. The number of halogens is 1. The summed E-state index contributed by atoms with van der Waals surface area (Å²) in [5, 5.41) is 5.01. The van der Waals surface area contributed by atoms with Crippen molar-refractivity contribution in [2.45, 2.75) is 16.9 Å². The summed E-state index contributed by atoms with van der Waals surface area (Å²) < 4.78 is 1.79. The van der Waals surface area contributed by atoms with Crippen LogP contribution in [0.25, 0.3) is 0 Å². The molecule has 3 heteroatoms. The summed E-state index contributed by atoms with van der Waals surface area (Å²) in [6.45, 7) is 0. The Kier molecular flexibility index (Phi) is 4.41. The van der Waals surface area contributed by atoms with Crippen molar-refractivity contribution in [2.24, 2.45) is 0 Å². The molecule has 1 aliphatic carbocycles. The van der Waals surface area contributed by atoms with Gasteiger partial charge in [0.25, 0.3) is 0 Å². The molecule has 0 aromatic heterocycles. The molecule has 0 spiro atoms. The van der Waals surface area contributed by atoms with Gasteiger partial charge < -0.3 is 0 Å². The van der Waals surface area contributed by atoms with Gasteiger partial charge in [0.05, 0.1) is 0 Å². The van der Waals surface area contributed by atoms with Gasteiger partial charge in [-0.15, -0.1) is 17.0 Å². The minimum absolute atomic E-state index is 0. The van der Waals surface area contributed by atoms with E-state index in [1.165, 1.54) is 14.5 Å². The van der Waals surface area contributed by atoms with Crippen LogP contribution < -0.4 is 0 Å². The Hall–Kier alpha value is 0.891. The molecule has 0 nitrogen and oxygen atoms in total. The van der Waals surface area contributed by atoms with Crippen molar-refractivity contribution in [2.75, 3.05) is 0 Å². The van der Waals surface area contributed by atoms with E-state index < -0.39 is 15.8 Å². The summed E-state index contributed by atoms with van der Waals surface area (Å²) >= 11 is -1.24. The van der Waals surface area contributed by atoms with E-state index in [0.717, 1.165) is 0 Å². The molecule has 0 heterocycles. The van der Waals surface area contributed by atoms with Crippen molar-refractivity contribution in [1.82, 2.24) is 0 Å². The normalized spacial score (nSPS) is 16.8. The van der Waals surface area contributed by atoms with Crippen molar-refractivity contribution in [1.29, 1.82) is 0 Å². The first-order chi connectivity index (χ1) is 4.11. The molecule has 0 unspecified atom stereocenters. The fourth-order valence-corrected chi connectivity index (χ4v) is 4.60. The number of hydrogen-bond donors (Lipinski definition) is 0. The van der Waals surface area contributed by atoms with E-state index in [0.29, 0.717) is 0 Å². The third kappa shape index (κ3) is 2.87. The predicted molar refractivity (Wildman–Crippen MR) is 53.8 cm³/mol. The van der Waals surface area contributed by atoms with Crippen LogP contribution in [0, 0.1) is 0 Å². The first-order valence-corrected chi connectivity index (χ1v) is 13.1. The third-order valence-electron chi connectivity index (χ3n) is 1.73. The zero-order valence-electron chi connectivity index (χ0n) is 6.85. The summed E-state index contributed by atoms with van der Waals surface area (Å²) in [5.74, 6) is 0. The summed E-state index contributed by atoms with van der Waals surface area (Å²) in [4.78, 5) is 0. The van der Waals surface area contributed by atoms with Crippen LogP contribution in [0.15, 0.2) is 22.1 Å². The Morgan fingerprint density at radius 3 is 2.30 bits per heavy atom. The average molecular weight is 255 g/mol. The molecule has 0 aromatic rings. The molecule has 0 aromatic carbocycles. The summed E-state index contributed by atoms with van der Waals surface area (Å²) in [6, 6.07) is 0. The van der Waals surface area contributed by atoms with E-state index in [1.54, 1.807) is 3.88 Å². The van der Waals surface area contributed by atoms with Crippen LogP contribution in [0.3, 0.4) is 0 Å². The number of hydrogen-bond acceptors (Lipinski definition) is 0. The second-order valence-electron chi connectivity index (χ2n) is 3.57. The van der Waals surface area contributed by atoms with Gasteiger partial charge in [-0.05, 0) is 0 Å². The van der Waals surface area contributed by atoms with E-state index in [4.69, 9.17) is 0 Å². The molecule has 0 fully saturated rings. The van der Waals surface area contributed by atoms with E-state index >= 15 is 0 Å². The molecule has 0 bridgehead atoms. The molecule has 10 heavy (non-hydrogen) atoms. The van der Waals surface area contributed by atoms with E-state index in [-0.39, 0.29) is 17.0 Å². The molecule has 0 saturated carbocycles. The van der Waals surface area contributed by atoms with Crippen LogP contribution in [-0.4, -0.2) is 8.11 Å². The van der Waals surface area contributed by atoms with E-state index in [2.05, 4.69) is 28.7 Å². The Balaban J connectivity index is 0.000000810. The summed E-state index contributed by atoms with van der Waals surface area (Å²) in [7, 11) is 1.45. The number of allylic oxidation sites excluding steroid dienone is 4. The van der Waals surface area contributed by atoms with Crippen LogP contribution in [0.5, 0.6) is 0 Å². The zero-order valence-corrected chi connectivity index (χ0v) is 12.1. The average Bonchev–Trinajstić information content (AvgIpc) is 2.08. The van der Waals surface area contributed by atoms with Crippen LogP contribution >= 0.6 is 17.0 Å². The molecule has 58 valence electrons. The van der Waals surface area contributed by atoms with Crippen LogP contribution in [0.1, 0.15) is 6.42 Å². The quantitative estimate of drug-likeness (QED) is 0.628. The number of rotatable bonds is 1. The van der Waals surface area contributed by atoms with Gasteiger partial charge in [0.15, 0.2) is 0 Å². The Labute approximate surface area is 79.5 Å². The summed E-state index contributed by atoms with van der Waals surface area (Å²) in [5.41, 5.74) is 0. The maximum atomic E-state index is 2.51. The second kappa shape index (κ2) is 4.05. The molecule has 0 amide bonds. The fourth-order valence-electron chi connectivity index (χ4n) is 1.00. The van der Waals surface area contributed by atoms with E-state index in [1.807, 2.05) is 0 Å². The van der Waals surface area contributed by atoms with Crippen molar-refractivity contribution < 1.29 is 15.8 Å². The molecule has 0 saturated heterocycles. The van der Waals surface area contributed by atoms with Gasteiger partial charge in [0.1, 0.15) is 0 Å². The van der Waals surface area contributed by atoms with Crippen LogP contribution in [0.4, 0.5) is 0 Å². The third-order valence-corrected chi connectivity index (χ3v) is 7.97. The molecule has 0 N–H and O–H groups in total. The standard InChI is InChI=1S/C5H5.2CH3.BrH.H3Si.Ti/c1-2-4-5-3-1;;;;;/h1-3H,4H2;2*1H3;1H;1H3;. The van der Waals surface area contributed by atoms with Gasteiger partial charge in [0, 0.05) is 0 Å². The molecule has 0 aliphatic heterocycles. The van der Waals surface area contributed by atoms with Crippen LogP contribution in [0.2, 0.25) is 10.5 Å². The van der Waals surface area contributed by atoms with Gasteiger partial charge in [-0.1, -0.05) is 0 Å². The van der Waals surface area contributed by atoms with E-state index in [9.17, 15) is 0 Å². The molecular weight excluding hydrogens is 240 g/mol. The minimum atomic E-state index is -1.24. The monoisotopic (exact) mass is 254 g/mol. The van der Waals surface area contributed by atoms with Gasteiger partial charge in [-0.3, -0.25) is 0 Å². The van der Waals surface area contributed by atoms with Crippen molar-refractivity contribution in [3.8, 4) is 0 Å². The van der Waals surface area contributed by atoms with Gasteiger partial charge in [-0.2, -0.15) is 0 Å². The predicted octanol–water partition coefficient (Wildman–Crippen LogP) is 1.94. The fraction of sp³-hybridized carbons (Fsp3) is 0.429. The van der Waals surface area contributed by atoms with Crippen molar-refractivity contribution >= 4 is 25.1 Å². The van der Waals surface area contributed by atoms with Gasteiger partial charge in [0.2, 0.25) is 0 Å². The first-order valence-electron chi connectivity index (χ1n) is 3.47. The van der Waals surface area contributed by atoms with Crippen LogP contribution in [-0.2, 0) is 15.8 Å². The molecule has 1 aliphatic rings. The zero-order chi connectivity index (χ0) is 6.91. The Morgan fingerprint density at radius 2 is 2.10 bits per heavy atom. The molecular formula is C7H15BrSiTi. The maximum absolute atomic E-state index is 2.51. The van der Waals surface area contributed by atoms with Gasteiger partial charge in [-0.25, -0.2) is 0 Å². The van der Waals surface area contributed by atoms with Crippen molar-refractivity contribution in [3.05, 3.63) is 22.1 Å². The summed E-state index contributed by atoms with van der Waals surface area (Å²) in [6.07, 6.45) is 8.10. The SMILES string of the molecule is Br.[CH3][Ti]([CH3])([SiH3])[C]1=CC=CC1. The molecule has 1 rings (SSSR count). The Bertz CT molecular complexity index is 167. The molecule has 0 atom stereocenters. The molecule has 0 radical (unpaired) electrons.